The van der Waals surface area contributed by atoms with Crippen molar-refractivity contribution in [2.24, 2.45) is 0 Å². The van der Waals surface area contributed by atoms with E-state index in [4.69, 9.17) is 0 Å². The van der Waals surface area contributed by atoms with Gasteiger partial charge in [0, 0.05) is 24.5 Å². The van der Waals surface area contributed by atoms with Crippen molar-refractivity contribution >= 4 is 35.5 Å². The topological polar surface area (TPSA) is 104 Å². The lowest BCUT2D eigenvalue weighted by molar-refractivity contribution is -0.141. The number of hydrogen-bond donors (Lipinski definition) is 2. The predicted octanol–water partition coefficient (Wildman–Crippen LogP) is 5.78. The van der Waals surface area contributed by atoms with Crippen LogP contribution in [-0.2, 0) is 9.59 Å². The zero-order chi connectivity index (χ0) is 28.1. The van der Waals surface area contributed by atoms with Crippen LogP contribution in [0.3, 0.4) is 0 Å². The molecule has 1 aromatic rings. The van der Waals surface area contributed by atoms with Crippen LogP contribution in [0.15, 0.2) is 59.2 Å². The Bertz CT molecular complexity index is 1070. The first-order chi connectivity index (χ1) is 18.1. The molecule has 0 saturated carbocycles. The molecule has 1 atom stereocenters. The predicted molar refractivity (Wildman–Crippen MR) is 153 cm³/mol. The van der Waals surface area contributed by atoms with Crippen LogP contribution in [0.2, 0.25) is 0 Å². The Labute approximate surface area is 230 Å². The van der Waals surface area contributed by atoms with Gasteiger partial charge in [0.15, 0.2) is 0 Å². The number of hydrogen-bond acceptors (Lipinski definition) is 5. The van der Waals surface area contributed by atoms with Crippen LogP contribution in [0.5, 0.6) is 0 Å². The standard InChI is InChI=1S/C30H40N2O5S/c1-21(2)10-7-11-22(3)12-8-13-23(4)17-19-38-20-26(30(36)37)31-27(33)16-9-18-32-28(34)24-14-5-6-15-25(24)29(32)35/h5-6,10,12,14-15,17,26H,7-9,11,13,16,18-20H2,1-4H3,(H,31,33)(H,36,37)/b22-12+,23-17+. The lowest BCUT2D eigenvalue weighted by Crippen LogP contribution is -2.43. The van der Waals surface area contributed by atoms with Crippen molar-refractivity contribution < 1.29 is 24.3 Å². The number of amides is 3. The van der Waals surface area contributed by atoms with E-state index in [2.05, 4.69) is 51.2 Å². The van der Waals surface area contributed by atoms with Gasteiger partial charge in [-0.15, -0.1) is 0 Å². The fourth-order valence-electron chi connectivity index (χ4n) is 4.01. The molecule has 7 nitrogen and oxygen atoms in total. The first kappa shape index (κ1) is 31.1. The minimum atomic E-state index is -1.08. The molecule has 1 aliphatic rings. The van der Waals surface area contributed by atoms with Crippen LogP contribution < -0.4 is 5.32 Å². The van der Waals surface area contributed by atoms with Crippen LogP contribution in [0, 0.1) is 0 Å². The third kappa shape index (κ3) is 10.3. The number of nitrogens with one attached hydrogen (secondary N) is 1. The SMILES string of the molecule is CC(C)=CCC/C(C)=C/CC/C(C)=C/CSCC(NC(=O)CCCN1C(=O)c2ccccc2C1=O)C(=O)O. The highest BCUT2D eigenvalue weighted by atomic mass is 32.2. The third-order valence-corrected chi connectivity index (χ3v) is 7.23. The maximum atomic E-state index is 12.4. The summed E-state index contributed by atoms with van der Waals surface area (Å²) in [5.74, 6) is -1.28. The molecule has 0 radical (unpaired) electrons. The van der Waals surface area contributed by atoms with E-state index in [0.717, 1.165) is 30.6 Å². The van der Waals surface area contributed by atoms with Crippen molar-refractivity contribution in [2.45, 2.75) is 72.3 Å². The molecule has 1 heterocycles. The Kier molecular flexibility index (Phi) is 13.1. The summed E-state index contributed by atoms with van der Waals surface area (Å²) in [5, 5.41) is 12.1. The molecule has 0 aromatic heterocycles. The Hall–Kier alpha value is -3.13. The van der Waals surface area contributed by atoms with Gasteiger partial charge >= 0.3 is 5.97 Å². The lowest BCUT2D eigenvalue weighted by Gasteiger charge is -2.16. The van der Waals surface area contributed by atoms with Crippen molar-refractivity contribution in [1.29, 1.82) is 0 Å². The summed E-state index contributed by atoms with van der Waals surface area (Å²) >= 11 is 1.46. The summed E-state index contributed by atoms with van der Waals surface area (Å²) in [6.07, 6.45) is 11.1. The number of thioether (sulfide) groups is 1. The van der Waals surface area contributed by atoms with Gasteiger partial charge in [-0.3, -0.25) is 19.3 Å². The van der Waals surface area contributed by atoms with Crippen molar-refractivity contribution in [3.63, 3.8) is 0 Å². The normalized spacial score (nSPS) is 14.4. The van der Waals surface area contributed by atoms with Gasteiger partial charge in [-0.2, -0.15) is 11.8 Å². The fourth-order valence-corrected chi connectivity index (χ4v) is 5.01. The Morgan fingerprint density at radius 3 is 2.08 bits per heavy atom. The molecule has 38 heavy (non-hydrogen) atoms. The molecule has 3 amide bonds. The van der Waals surface area contributed by atoms with Crippen LogP contribution in [0.25, 0.3) is 0 Å². The van der Waals surface area contributed by atoms with E-state index >= 15 is 0 Å². The van der Waals surface area contributed by atoms with Crippen molar-refractivity contribution in [2.75, 3.05) is 18.1 Å². The second-order valence-electron chi connectivity index (χ2n) is 9.87. The first-order valence-electron chi connectivity index (χ1n) is 13.1. The molecule has 2 N–H and O–H groups in total. The molecular formula is C30H40N2O5S. The van der Waals surface area contributed by atoms with Gasteiger partial charge < -0.3 is 10.4 Å². The Morgan fingerprint density at radius 1 is 0.921 bits per heavy atom. The van der Waals surface area contributed by atoms with E-state index in [1.165, 1.54) is 28.5 Å². The summed E-state index contributed by atoms with van der Waals surface area (Å²) in [7, 11) is 0. The number of imide groups is 1. The zero-order valence-corrected chi connectivity index (χ0v) is 23.7. The zero-order valence-electron chi connectivity index (χ0n) is 22.9. The highest BCUT2D eigenvalue weighted by Crippen LogP contribution is 2.22. The summed E-state index contributed by atoms with van der Waals surface area (Å²) in [4.78, 5) is 49.9. The quantitative estimate of drug-likeness (QED) is 0.156. The second-order valence-corrected chi connectivity index (χ2v) is 10.9. The van der Waals surface area contributed by atoms with Gasteiger partial charge in [0.1, 0.15) is 6.04 Å². The molecule has 8 heteroatoms. The first-order valence-corrected chi connectivity index (χ1v) is 14.2. The van der Waals surface area contributed by atoms with E-state index < -0.39 is 17.9 Å². The largest absolute Gasteiger partial charge is 0.480 e. The van der Waals surface area contributed by atoms with Gasteiger partial charge in [-0.25, -0.2) is 4.79 Å². The molecule has 0 fully saturated rings. The Balaban J connectivity index is 1.68. The number of aliphatic carboxylic acids is 1. The van der Waals surface area contributed by atoms with Gasteiger partial charge in [-0.05, 0) is 71.9 Å². The van der Waals surface area contributed by atoms with Crippen LogP contribution in [-0.4, -0.2) is 57.8 Å². The van der Waals surface area contributed by atoms with Gasteiger partial charge in [0.05, 0.1) is 11.1 Å². The van der Waals surface area contributed by atoms with Crippen LogP contribution >= 0.6 is 11.8 Å². The number of rotatable bonds is 16. The summed E-state index contributed by atoms with van der Waals surface area (Å²) in [6.45, 7) is 8.58. The van der Waals surface area contributed by atoms with Crippen molar-refractivity contribution in [3.8, 4) is 0 Å². The van der Waals surface area contributed by atoms with Crippen LogP contribution in [0.1, 0.15) is 86.9 Å². The number of carbonyl (C=O) groups is 4. The smallest absolute Gasteiger partial charge is 0.327 e. The van der Waals surface area contributed by atoms with Crippen molar-refractivity contribution in [1.82, 2.24) is 10.2 Å². The fraction of sp³-hybridized carbons (Fsp3) is 0.467. The van der Waals surface area contributed by atoms with E-state index in [9.17, 15) is 24.3 Å². The third-order valence-electron chi connectivity index (χ3n) is 6.25. The number of nitrogens with zero attached hydrogens (tertiary/aromatic N) is 1. The molecule has 2 rings (SSSR count). The highest BCUT2D eigenvalue weighted by molar-refractivity contribution is 7.99. The molecule has 0 spiro atoms. The van der Waals surface area contributed by atoms with E-state index in [1.54, 1.807) is 24.3 Å². The summed E-state index contributed by atoms with van der Waals surface area (Å²) < 4.78 is 0. The van der Waals surface area contributed by atoms with Gasteiger partial charge in [0.2, 0.25) is 5.91 Å². The van der Waals surface area contributed by atoms with Gasteiger partial charge in [-0.1, -0.05) is 47.1 Å². The van der Waals surface area contributed by atoms with E-state index in [-0.39, 0.29) is 37.0 Å². The molecule has 0 saturated heterocycles. The lowest BCUT2D eigenvalue weighted by atomic mass is 10.1. The monoisotopic (exact) mass is 540 g/mol. The van der Waals surface area contributed by atoms with Crippen LogP contribution in [0.4, 0.5) is 0 Å². The minimum absolute atomic E-state index is 0.0299. The number of carboxylic acid groups (broad SMARTS) is 1. The summed E-state index contributed by atoms with van der Waals surface area (Å²) in [5.41, 5.74) is 4.74. The maximum Gasteiger partial charge on any atom is 0.327 e. The van der Waals surface area contributed by atoms with Gasteiger partial charge in [0.25, 0.3) is 11.8 Å². The Morgan fingerprint density at radius 2 is 1.50 bits per heavy atom. The number of fused-ring (bicyclic) bond motifs is 1. The van der Waals surface area contributed by atoms with E-state index in [0.29, 0.717) is 16.9 Å². The molecule has 1 aliphatic heterocycles. The van der Waals surface area contributed by atoms with E-state index in [1.807, 2.05) is 0 Å². The molecule has 1 aromatic carbocycles. The minimum Gasteiger partial charge on any atom is -0.480 e. The number of carbonyl (C=O) groups excluding carboxylic acids is 3. The average molecular weight is 541 g/mol. The molecule has 1 unspecified atom stereocenters. The molecule has 0 aliphatic carbocycles. The summed E-state index contributed by atoms with van der Waals surface area (Å²) in [6, 6.07) is 5.64. The number of benzene rings is 1. The second kappa shape index (κ2) is 16.0. The average Bonchev–Trinajstić information content (AvgIpc) is 3.10. The molecular weight excluding hydrogens is 500 g/mol. The number of carboxylic acids is 1. The molecule has 0 bridgehead atoms. The highest BCUT2D eigenvalue weighted by Gasteiger charge is 2.34. The molecule has 206 valence electrons. The van der Waals surface area contributed by atoms with Crippen molar-refractivity contribution in [3.05, 3.63) is 70.3 Å². The maximum absolute atomic E-state index is 12.4. The number of allylic oxidation sites excluding steroid dienone is 5.